The number of fused-ring (bicyclic) bond motifs is 1. The predicted molar refractivity (Wildman–Crippen MR) is 71.5 cm³/mol. The summed E-state index contributed by atoms with van der Waals surface area (Å²) in [5.41, 5.74) is 1.17. The van der Waals surface area contributed by atoms with Gasteiger partial charge in [-0.1, -0.05) is 42.5 Å². The molecule has 2 heteroatoms. The first-order chi connectivity index (χ1) is 7.83. The van der Waals surface area contributed by atoms with Crippen molar-refractivity contribution in [1.29, 1.82) is 0 Å². The largest absolute Gasteiger partial charge is 0.373 e. The Balaban J connectivity index is 2.33. The highest BCUT2D eigenvalue weighted by Gasteiger charge is 2.04. The fourth-order valence-corrected chi connectivity index (χ4v) is 2.25. The van der Waals surface area contributed by atoms with Gasteiger partial charge in [-0.15, -0.1) is 6.58 Å². The van der Waals surface area contributed by atoms with Crippen molar-refractivity contribution in [2.75, 3.05) is 6.61 Å². The molecule has 0 N–H and O–H groups in total. The Morgan fingerprint density at radius 3 is 2.81 bits per heavy atom. The van der Waals surface area contributed by atoms with E-state index in [1.807, 2.05) is 12.1 Å². The van der Waals surface area contributed by atoms with Crippen LogP contribution in [0.5, 0.6) is 0 Å². The lowest BCUT2D eigenvalue weighted by Crippen LogP contribution is -1.94. The molecule has 0 aliphatic heterocycles. The SMILES string of the molecule is C=CCOCc1ccc2ccccc2c1Br. The summed E-state index contributed by atoms with van der Waals surface area (Å²) in [6.07, 6.45) is 1.76. The molecular formula is C14H13BrO. The number of hydrogen-bond donors (Lipinski definition) is 0. The first kappa shape index (κ1) is 11.4. The van der Waals surface area contributed by atoms with Gasteiger partial charge < -0.3 is 4.74 Å². The topological polar surface area (TPSA) is 9.23 Å². The van der Waals surface area contributed by atoms with E-state index in [-0.39, 0.29) is 0 Å². The molecule has 1 nitrogen and oxygen atoms in total. The van der Waals surface area contributed by atoms with Crippen LogP contribution in [0.3, 0.4) is 0 Å². The number of hydrogen-bond acceptors (Lipinski definition) is 1. The lowest BCUT2D eigenvalue weighted by atomic mass is 10.1. The molecule has 0 aliphatic carbocycles. The molecule has 2 aromatic carbocycles. The molecule has 0 radical (unpaired) electrons. The van der Waals surface area contributed by atoms with E-state index in [1.165, 1.54) is 16.3 Å². The van der Waals surface area contributed by atoms with Crippen molar-refractivity contribution in [3.63, 3.8) is 0 Å². The summed E-state index contributed by atoms with van der Waals surface area (Å²) in [5.74, 6) is 0. The minimum absolute atomic E-state index is 0.583. The van der Waals surface area contributed by atoms with Gasteiger partial charge in [0.15, 0.2) is 0 Å². The Hall–Kier alpha value is -1.12. The summed E-state index contributed by atoms with van der Waals surface area (Å²) in [6.45, 7) is 4.82. The van der Waals surface area contributed by atoms with Gasteiger partial charge in [-0.25, -0.2) is 0 Å². The van der Waals surface area contributed by atoms with Crippen molar-refractivity contribution in [2.45, 2.75) is 6.61 Å². The highest BCUT2D eigenvalue weighted by molar-refractivity contribution is 9.10. The Morgan fingerprint density at radius 2 is 2.00 bits per heavy atom. The smallest absolute Gasteiger partial charge is 0.0732 e. The summed E-state index contributed by atoms with van der Waals surface area (Å²) in [6, 6.07) is 12.5. The molecule has 2 aromatic rings. The van der Waals surface area contributed by atoms with E-state index in [0.29, 0.717) is 13.2 Å². The monoisotopic (exact) mass is 276 g/mol. The Labute approximate surface area is 104 Å². The van der Waals surface area contributed by atoms with Gasteiger partial charge in [0.05, 0.1) is 13.2 Å². The second-order valence-electron chi connectivity index (χ2n) is 3.56. The van der Waals surface area contributed by atoms with Gasteiger partial charge in [0.1, 0.15) is 0 Å². The van der Waals surface area contributed by atoms with E-state index in [9.17, 15) is 0 Å². The maximum Gasteiger partial charge on any atom is 0.0732 e. The molecule has 0 atom stereocenters. The molecule has 0 heterocycles. The lowest BCUT2D eigenvalue weighted by molar-refractivity contribution is 0.148. The van der Waals surface area contributed by atoms with Gasteiger partial charge in [-0.05, 0) is 32.3 Å². The Bertz CT molecular complexity index is 505. The molecule has 0 bridgehead atoms. The van der Waals surface area contributed by atoms with Crippen molar-refractivity contribution < 1.29 is 4.74 Å². The number of ether oxygens (including phenoxy) is 1. The maximum atomic E-state index is 5.45. The number of benzene rings is 2. The van der Waals surface area contributed by atoms with Crippen LogP contribution in [0.25, 0.3) is 10.8 Å². The Morgan fingerprint density at radius 1 is 1.19 bits per heavy atom. The molecule has 0 aromatic heterocycles. The summed E-state index contributed by atoms with van der Waals surface area (Å²) in [7, 11) is 0. The summed E-state index contributed by atoms with van der Waals surface area (Å²) in [4.78, 5) is 0. The van der Waals surface area contributed by atoms with Crippen LogP contribution in [0.4, 0.5) is 0 Å². The molecule has 2 rings (SSSR count). The minimum Gasteiger partial charge on any atom is -0.373 e. The van der Waals surface area contributed by atoms with Crippen LogP contribution in [0.2, 0.25) is 0 Å². The quantitative estimate of drug-likeness (QED) is 0.598. The van der Waals surface area contributed by atoms with Crippen LogP contribution in [0, 0.1) is 0 Å². The highest BCUT2D eigenvalue weighted by Crippen LogP contribution is 2.28. The van der Waals surface area contributed by atoms with Crippen molar-refractivity contribution >= 4 is 26.7 Å². The van der Waals surface area contributed by atoms with Crippen LogP contribution in [-0.2, 0) is 11.3 Å². The van der Waals surface area contributed by atoms with E-state index in [0.717, 1.165) is 4.47 Å². The predicted octanol–water partition coefficient (Wildman–Crippen LogP) is 4.30. The van der Waals surface area contributed by atoms with Gasteiger partial charge in [-0.2, -0.15) is 0 Å². The van der Waals surface area contributed by atoms with E-state index in [2.05, 4.69) is 46.8 Å². The molecule has 0 spiro atoms. The van der Waals surface area contributed by atoms with Crippen LogP contribution in [0.15, 0.2) is 53.5 Å². The fourth-order valence-electron chi connectivity index (χ4n) is 1.64. The zero-order valence-corrected chi connectivity index (χ0v) is 10.5. The third-order valence-corrected chi connectivity index (χ3v) is 3.37. The van der Waals surface area contributed by atoms with Crippen LogP contribution >= 0.6 is 15.9 Å². The zero-order chi connectivity index (χ0) is 11.4. The van der Waals surface area contributed by atoms with Crippen LogP contribution in [0.1, 0.15) is 5.56 Å². The summed E-state index contributed by atoms with van der Waals surface area (Å²) in [5, 5.41) is 2.46. The summed E-state index contributed by atoms with van der Waals surface area (Å²) < 4.78 is 6.57. The van der Waals surface area contributed by atoms with E-state index in [4.69, 9.17) is 4.74 Å². The second-order valence-corrected chi connectivity index (χ2v) is 4.36. The van der Waals surface area contributed by atoms with E-state index >= 15 is 0 Å². The van der Waals surface area contributed by atoms with Crippen molar-refractivity contribution in [2.24, 2.45) is 0 Å². The van der Waals surface area contributed by atoms with Gasteiger partial charge in [0.25, 0.3) is 0 Å². The molecule has 0 amide bonds. The summed E-state index contributed by atoms with van der Waals surface area (Å²) >= 11 is 3.63. The van der Waals surface area contributed by atoms with Crippen LogP contribution < -0.4 is 0 Å². The number of rotatable bonds is 4. The lowest BCUT2D eigenvalue weighted by Gasteiger charge is -2.07. The van der Waals surface area contributed by atoms with Crippen molar-refractivity contribution in [3.05, 3.63) is 59.1 Å². The normalized spacial score (nSPS) is 10.6. The van der Waals surface area contributed by atoms with Gasteiger partial charge in [0.2, 0.25) is 0 Å². The standard InChI is InChI=1S/C14H13BrO/c1-2-9-16-10-12-8-7-11-5-3-4-6-13(11)14(12)15/h2-8H,1,9-10H2. The first-order valence-electron chi connectivity index (χ1n) is 5.17. The zero-order valence-electron chi connectivity index (χ0n) is 8.95. The molecule has 0 aliphatic rings. The third-order valence-electron chi connectivity index (χ3n) is 2.44. The molecule has 82 valence electrons. The maximum absolute atomic E-state index is 5.45. The minimum atomic E-state index is 0.583. The fraction of sp³-hybridized carbons (Fsp3) is 0.143. The Kier molecular flexibility index (Phi) is 3.75. The number of halogens is 1. The van der Waals surface area contributed by atoms with E-state index in [1.54, 1.807) is 6.08 Å². The third kappa shape index (κ3) is 2.34. The van der Waals surface area contributed by atoms with Crippen molar-refractivity contribution in [3.8, 4) is 0 Å². The van der Waals surface area contributed by atoms with Gasteiger partial charge >= 0.3 is 0 Å². The average Bonchev–Trinajstić information content (AvgIpc) is 2.33. The molecule has 0 fully saturated rings. The molecule has 0 saturated heterocycles. The highest BCUT2D eigenvalue weighted by atomic mass is 79.9. The van der Waals surface area contributed by atoms with E-state index < -0.39 is 0 Å². The van der Waals surface area contributed by atoms with Crippen molar-refractivity contribution in [1.82, 2.24) is 0 Å². The second kappa shape index (κ2) is 5.28. The molecule has 0 unspecified atom stereocenters. The van der Waals surface area contributed by atoms with Crippen LogP contribution in [-0.4, -0.2) is 6.61 Å². The van der Waals surface area contributed by atoms with Gasteiger partial charge in [0, 0.05) is 4.47 Å². The molecular weight excluding hydrogens is 264 g/mol. The first-order valence-corrected chi connectivity index (χ1v) is 5.97. The average molecular weight is 277 g/mol. The molecule has 0 saturated carbocycles. The van der Waals surface area contributed by atoms with Gasteiger partial charge in [-0.3, -0.25) is 0 Å². The molecule has 16 heavy (non-hydrogen) atoms.